The summed E-state index contributed by atoms with van der Waals surface area (Å²) in [5.41, 5.74) is 0.753. The van der Waals surface area contributed by atoms with Gasteiger partial charge in [0.05, 0.1) is 0 Å². The third kappa shape index (κ3) is 3.14. The van der Waals surface area contributed by atoms with Crippen molar-refractivity contribution in [3.8, 4) is 0 Å². The average molecular weight is 311 g/mol. The van der Waals surface area contributed by atoms with Crippen LogP contribution in [0.5, 0.6) is 0 Å². The van der Waals surface area contributed by atoms with Gasteiger partial charge in [0, 0.05) is 22.8 Å². The predicted molar refractivity (Wildman–Crippen MR) is 87.0 cm³/mol. The highest BCUT2D eigenvalue weighted by atomic mass is 35.5. The number of piperidine rings is 1. The average Bonchev–Trinajstić information content (AvgIpc) is 2.88. The van der Waals surface area contributed by atoms with Crippen molar-refractivity contribution in [1.82, 2.24) is 10.6 Å². The summed E-state index contributed by atoms with van der Waals surface area (Å²) in [6.07, 6.45) is 1.12. The monoisotopic (exact) mass is 310 g/mol. The molecule has 1 amide bonds. The van der Waals surface area contributed by atoms with Gasteiger partial charge in [0.1, 0.15) is 0 Å². The lowest BCUT2D eigenvalue weighted by Gasteiger charge is -2.30. The first kappa shape index (κ1) is 15.3. The van der Waals surface area contributed by atoms with Gasteiger partial charge in [-0.15, -0.1) is 23.7 Å². The number of carbonyl (C=O) groups is 1. The molecule has 1 aliphatic rings. The van der Waals surface area contributed by atoms with E-state index in [-0.39, 0.29) is 24.4 Å². The van der Waals surface area contributed by atoms with E-state index in [0.29, 0.717) is 5.92 Å². The molecule has 1 aromatic carbocycles. The molecule has 2 unspecified atom stereocenters. The molecule has 2 aromatic rings. The van der Waals surface area contributed by atoms with Crippen molar-refractivity contribution in [2.45, 2.75) is 19.4 Å². The van der Waals surface area contributed by atoms with Gasteiger partial charge in [-0.2, -0.15) is 0 Å². The minimum absolute atomic E-state index is 0. The molecule has 1 aromatic heterocycles. The molecular formula is C15H19ClN2OS. The first-order valence-electron chi connectivity index (χ1n) is 6.73. The van der Waals surface area contributed by atoms with Crippen LogP contribution in [0.3, 0.4) is 0 Å². The highest BCUT2D eigenvalue weighted by molar-refractivity contribution is 7.17. The Bertz CT molecular complexity index is 598. The Labute approximate surface area is 129 Å². The molecule has 1 saturated heterocycles. The summed E-state index contributed by atoms with van der Waals surface area (Å²) < 4.78 is 1.23. The molecule has 2 heterocycles. The largest absolute Gasteiger partial charge is 0.348 e. The van der Waals surface area contributed by atoms with Crippen molar-refractivity contribution < 1.29 is 4.79 Å². The molecule has 0 aliphatic carbocycles. The molecule has 1 fully saturated rings. The third-order valence-electron chi connectivity index (χ3n) is 3.86. The van der Waals surface area contributed by atoms with Gasteiger partial charge in [-0.1, -0.05) is 6.92 Å². The smallest absolute Gasteiger partial charge is 0.251 e. The first-order chi connectivity index (χ1) is 9.24. The minimum atomic E-state index is 0. The number of rotatable bonds is 2. The van der Waals surface area contributed by atoms with E-state index >= 15 is 0 Å². The van der Waals surface area contributed by atoms with Crippen LogP contribution in [0.25, 0.3) is 10.1 Å². The van der Waals surface area contributed by atoms with E-state index in [2.05, 4.69) is 29.0 Å². The maximum Gasteiger partial charge on any atom is 0.251 e. The van der Waals surface area contributed by atoms with Crippen molar-refractivity contribution in [2.24, 2.45) is 5.92 Å². The van der Waals surface area contributed by atoms with E-state index in [1.54, 1.807) is 11.3 Å². The second-order valence-electron chi connectivity index (χ2n) is 5.22. The fourth-order valence-electron chi connectivity index (χ4n) is 2.54. The van der Waals surface area contributed by atoms with Crippen LogP contribution in [-0.2, 0) is 0 Å². The molecule has 2 atom stereocenters. The number of benzene rings is 1. The van der Waals surface area contributed by atoms with E-state index in [0.717, 1.165) is 30.5 Å². The van der Waals surface area contributed by atoms with Crippen molar-refractivity contribution in [2.75, 3.05) is 13.1 Å². The first-order valence-corrected chi connectivity index (χ1v) is 7.61. The van der Waals surface area contributed by atoms with Crippen LogP contribution < -0.4 is 10.6 Å². The van der Waals surface area contributed by atoms with Crippen LogP contribution in [0.15, 0.2) is 29.6 Å². The lowest BCUT2D eigenvalue weighted by Crippen LogP contribution is -2.50. The zero-order valence-electron chi connectivity index (χ0n) is 11.4. The SMILES string of the molecule is CC1CCNCC1NC(=O)c1ccc2sccc2c1.Cl. The molecule has 3 rings (SSSR count). The van der Waals surface area contributed by atoms with Gasteiger partial charge in [-0.05, 0) is 53.9 Å². The van der Waals surface area contributed by atoms with Crippen LogP contribution in [0.4, 0.5) is 0 Å². The standard InChI is InChI=1S/C15H18N2OS.ClH/c1-10-4-6-16-9-13(10)17-15(18)12-2-3-14-11(8-12)5-7-19-14;/h2-3,5,7-8,10,13,16H,4,6,9H2,1H3,(H,17,18);1H. The quantitative estimate of drug-likeness (QED) is 0.895. The number of hydrogen-bond acceptors (Lipinski definition) is 3. The van der Waals surface area contributed by atoms with E-state index < -0.39 is 0 Å². The van der Waals surface area contributed by atoms with Crippen LogP contribution in [-0.4, -0.2) is 25.0 Å². The molecule has 0 spiro atoms. The highest BCUT2D eigenvalue weighted by Crippen LogP contribution is 2.22. The van der Waals surface area contributed by atoms with Gasteiger partial charge >= 0.3 is 0 Å². The van der Waals surface area contributed by atoms with Crippen LogP contribution in [0.1, 0.15) is 23.7 Å². The zero-order chi connectivity index (χ0) is 13.2. The molecular weight excluding hydrogens is 292 g/mol. The summed E-state index contributed by atoms with van der Waals surface area (Å²) in [5.74, 6) is 0.573. The molecule has 3 nitrogen and oxygen atoms in total. The number of fused-ring (bicyclic) bond motifs is 1. The van der Waals surface area contributed by atoms with E-state index in [9.17, 15) is 4.79 Å². The molecule has 1 aliphatic heterocycles. The number of thiophene rings is 1. The van der Waals surface area contributed by atoms with Crippen LogP contribution in [0, 0.1) is 5.92 Å². The number of carbonyl (C=O) groups excluding carboxylic acids is 1. The van der Waals surface area contributed by atoms with Crippen molar-refractivity contribution in [3.63, 3.8) is 0 Å². The van der Waals surface area contributed by atoms with Crippen molar-refractivity contribution >= 4 is 39.7 Å². The van der Waals surface area contributed by atoms with Gasteiger partial charge < -0.3 is 10.6 Å². The normalized spacial score (nSPS) is 22.2. The van der Waals surface area contributed by atoms with E-state index in [4.69, 9.17) is 0 Å². The summed E-state index contributed by atoms with van der Waals surface area (Å²) in [6.45, 7) is 4.12. The Kier molecular flexibility index (Phi) is 5.02. The van der Waals surface area contributed by atoms with Gasteiger partial charge in [-0.25, -0.2) is 0 Å². The number of amides is 1. The molecule has 0 radical (unpaired) electrons. The fourth-order valence-corrected chi connectivity index (χ4v) is 3.31. The maximum atomic E-state index is 12.3. The lowest BCUT2D eigenvalue weighted by molar-refractivity contribution is 0.0915. The second kappa shape index (κ2) is 6.57. The molecule has 0 bridgehead atoms. The van der Waals surface area contributed by atoms with E-state index in [1.807, 2.05) is 18.2 Å². The Morgan fingerprint density at radius 1 is 1.40 bits per heavy atom. The zero-order valence-corrected chi connectivity index (χ0v) is 13.0. The van der Waals surface area contributed by atoms with Gasteiger partial charge in [0.15, 0.2) is 0 Å². The Morgan fingerprint density at radius 3 is 3.05 bits per heavy atom. The molecule has 2 N–H and O–H groups in total. The number of hydrogen-bond donors (Lipinski definition) is 2. The summed E-state index contributed by atoms with van der Waals surface area (Å²) >= 11 is 1.70. The molecule has 0 saturated carbocycles. The third-order valence-corrected chi connectivity index (χ3v) is 4.76. The van der Waals surface area contributed by atoms with Gasteiger partial charge in [-0.3, -0.25) is 4.79 Å². The van der Waals surface area contributed by atoms with Crippen molar-refractivity contribution in [1.29, 1.82) is 0 Å². The number of halogens is 1. The highest BCUT2D eigenvalue weighted by Gasteiger charge is 2.23. The molecule has 5 heteroatoms. The Balaban J connectivity index is 0.00000147. The van der Waals surface area contributed by atoms with E-state index in [1.165, 1.54) is 4.70 Å². The predicted octanol–water partition coefficient (Wildman–Crippen LogP) is 3.05. The lowest BCUT2D eigenvalue weighted by atomic mass is 9.94. The summed E-state index contributed by atoms with van der Waals surface area (Å²) in [5, 5.41) is 9.68. The minimum Gasteiger partial charge on any atom is -0.348 e. The van der Waals surface area contributed by atoms with Crippen molar-refractivity contribution in [3.05, 3.63) is 35.2 Å². The topological polar surface area (TPSA) is 41.1 Å². The molecule has 108 valence electrons. The summed E-state index contributed by atoms with van der Waals surface area (Å²) in [4.78, 5) is 12.3. The number of nitrogens with one attached hydrogen (secondary N) is 2. The summed E-state index contributed by atoms with van der Waals surface area (Å²) in [7, 11) is 0. The fraction of sp³-hybridized carbons (Fsp3) is 0.400. The second-order valence-corrected chi connectivity index (χ2v) is 6.17. The van der Waals surface area contributed by atoms with Gasteiger partial charge in [0.2, 0.25) is 0 Å². The Morgan fingerprint density at radius 2 is 2.25 bits per heavy atom. The van der Waals surface area contributed by atoms with Gasteiger partial charge in [0.25, 0.3) is 5.91 Å². The molecule has 20 heavy (non-hydrogen) atoms. The van der Waals surface area contributed by atoms with Crippen LogP contribution >= 0.6 is 23.7 Å². The summed E-state index contributed by atoms with van der Waals surface area (Å²) in [6, 6.07) is 8.20. The Hall–Kier alpha value is -1.10. The maximum absolute atomic E-state index is 12.3. The van der Waals surface area contributed by atoms with Crippen LogP contribution in [0.2, 0.25) is 0 Å².